The topological polar surface area (TPSA) is 81.8 Å². The van der Waals surface area contributed by atoms with Crippen molar-refractivity contribution in [2.24, 2.45) is 0 Å². The number of hydrogen-bond donors (Lipinski definition) is 2. The molecular weight excluding hydrogens is 308 g/mol. The monoisotopic (exact) mass is 328 g/mol. The van der Waals surface area contributed by atoms with E-state index in [1.54, 1.807) is 4.90 Å². The van der Waals surface area contributed by atoms with Crippen LogP contribution in [0.5, 0.6) is 0 Å². The average molecular weight is 328 g/mol. The Morgan fingerprint density at radius 1 is 1.21 bits per heavy atom. The first-order valence-electron chi connectivity index (χ1n) is 8.32. The molecule has 3 aliphatic heterocycles. The van der Waals surface area contributed by atoms with Gasteiger partial charge in [-0.05, 0) is 23.6 Å². The zero-order valence-corrected chi connectivity index (χ0v) is 13.4. The fourth-order valence-corrected chi connectivity index (χ4v) is 3.73. The maximum absolute atomic E-state index is 12.7. The van der Waals surface area contributed by atoms with Gasteiger partial charge >= 0.3 is 0 Å². The summed E-state index contributed by atoms with van der Waals surface area (Å²) in [6, 6.07) is 5.24. The summed E-state index contributed by atoms with van der Waals surface area (Å²) in [5.41, 5.74) is 2.84. The van der Waals surface area contributed by atoms with Crippen LogP contribution in [0, 0.1) is 0 Å². The molecule has 7 nitrogen and oxygen atoms in total. The summed E-state index contributed by atoms with van der Waals surface area (Å²) < 4.78 is 0. The Bertz CT molecular complexity index is 712. The highest BCUT2D eigenvalue weighted by atomic mass is 16.2. The number of nitrogens with zero attached hydrogens (tertiary/aromatic N) is 2. The van der Waals surface area contributed by atoms with Crippen molar-refractivity contribution in [1.82, 2.24) is 20.4 Å². The van der Waals surface area contributed by atoms with E-state index < -0.39 is 6.04 Å². The molecule has 2 N–H and O–H groups in total. The minimum Gasteiger partial charge on any atom is -0.322 e. The maximum Gasteiger partial charge on any atom is 0.255 e. The first-order chi connectivity index (χ1) is 11.6. The third-order valence-electron chi connectivity index (χ3n) is 5.01. The van der Waals surface area contributed by atoms with Crippen LogP contribution in [0.15, 0.2) is 18.2 Å². The molecule has 1 aromatic rings. The third kappa shape index (κ3) is 2.59. The number of carbonyl (C=O) groups excluding carboxylic acids is 3. The van der Waals surface area contributed by atoms with Crippen LogP contribution < -0.4 is 10.6 Å². The van der Waals surface area contributed by atoms with Crippen LogP contribution in [0.4, 0.5) is 0 Å². The molecule has 4 rings (SSSR count). The van der Waals surface area contributed by atoms with E-state index in [9.17, 15) is 14.4 Å². The molecule has 1 aromatic carbocycles. The van der Waals surface area contributed by atoms with Gasteiger partial charge in [-0.3, -0.25) is 24.6 Å². The van der Waals surface area contributed by atoms with Crippen molar-refractivity contribution in [3.8, 4) is 0 Å². The minimum absolute atomic E-state index is 0.110. The summed E-state index contributed by atoms with van der Waals surface area (Å²) in [6.07, 6.45) is 0.679. The number of rotatable bonds is 3. The van der Waals surface area contributed by atoms with E-state index in [-0.39, 0.29) is 24.1 Å². The number of benzene rings is 1. The van der Waals surface area contributed by atoms with E-state index >= 15 is 0 Å². The van der Waals surface area contributed by atoms with E-state index in [2.05, 4.69) is 21.6 Å². The van der Waals surface area contributed by atoms with Crippen molar-refractivity contribution < 1.29 is 14.4 Å². The molecule has 3 aliphatic rings. The van der Waals surface area contributed by atoms with E-state index in [1.165, 1.54) is 0 Å². The highest BCUT2D eigenvalue weighted by Crippen LogP contribution is 2.30. The maximum atomic E-state index is 12.7. The number of hydrogen-bond acceptors (Lipinski definition) is 5. The lowest BCUT2D eigenvalue weighted by atomic mass is 10.0. The van der Waals surface area contributed by atoms with Crippen LogP contribution in [0.3, 0.4) is 0 Å². The number of carbonyl (C=O) groups is 3. The molecule has 2 fully saturated rings. The summed E-state index contributed by atoms with van der Waals surface area (Å²) in [4.78, 5) is 40.1. The van der Waals surface area contributed by atoms with Gasteiger partial charge in [0, 0.05) is 44.8 Å². The molecule has 3 heterocycles. The molecular formula is C17H20N4O3. The van der Waals surface area contributed by atoms with Crippen LogP contribution in [0.1, 0.15) is 34.3 Å². The second kappa shape index (κ2) is 5.99. The standard InChI is InChI=1S/C17H20N4O3/c22-15-5-4-14(16(23)19-15)21-9-13-11(8-20-7-6-18-10-20)2-1-3-12(13)17(21)24/h1-3,14,18H,4-10H2,(H,19,22,23). The predicted molar refractivity (Wildman–Crippen MR) is 85.8 cm³/mol. The van der Waals surface area contributed by atoms with Gasteiger partial charge in [0.05, 0.1) is 0 Å². The van der Waals surface area contributed by atoms with Crippen LogP contribution in [0.25, 0.3) is 0 Å². The summed E-state index contributed by atoms with van der Waals surface area (Å²) in [6.45, 7) is 4.07. The lowest BCUT2D eigenvalue weighted by Crippen LogP contribution is -2.52. The average Bonchev–Trinajstić information content (AvgIpc) is 3.17. The molecule has 2 saturated heterocycles. The molecule has 126 valence electrons. The SMILES string of the molecule is O=C1CCC(N2Cc3c(CN4CCNC4)cccc3C2=O)C(=O)N1. The van der Waals surface area contributed by atoms with Crippen LogP contribution in [-0.4, -0.2) is 53.3 Å². The predicted octanol–water partition coefficient (Wildman–Crippen LogP) is -0.190. The van der Waals surface area contributed by atoms with Crippen molar-refractivity contribution in [1.29, 1.82) is 0 Å². The molecule has 0 bridgehead atoms. The number of nitrogens with one attached hydrogen (secondary N) is 2. The Morgan fingerprint density at radius 3 is 2.83 bits per heavy atom. The van der Waals surface area contributed by atoms with E-state index in [4.69, 9.17) is 0 Å². The Labute approximate surface area is 140 Å². The molecule has 0 radical (unpaired) electrons. The van der Waals surface area contributed by atoms with Crippen molar-refractivity contribution >= 4 is 17.7 Å². The smallest absolute Gasteiger partial charge is 0.255 e. The lowest BCUT2D eigenvalue weighted by molar-refractivity contribution is -0.136. The molecule has 0 aromatic heterocycles. The summed E-state index contributed by atoms with van der Waals surface area (Å²) in [5, 5.41) is 5.64. The van der Waals surface area contributed by atoms with E-state index in [0.29, 0.717) is 18.5 Å². The summed E-state index contributed by atoms with van der Waals surface area (Å²) >= 11 is 0. The Balaban J connectivity index is 1.57. The number of piperidine rings is 1. The van der Waals surface area contributed by atoms with Crippen LogP contribution in [0.2, 0.25) is 0 Å². The van der Waals surface area contributed by atoms with Gasteiger partial charge in [-0.15, -0.1) is 0 Å². The number of fused-ring (bicyclic) bond motifs is 1. The van der Waals surface area contributed by atoms with Crippen molar-refractivity contribution in [3.63, 3.8) is 0 Å². The third-order valence-corrected chi connectivity index (χ3v) is 5.01. The molecule has 1 atom stereocenters. The molecule has 3 amide bonds. The highest BCUT2D eigenvalue weighted by molar-refractivity contribution is 6.05. The second-order valence-electron chi connectivity index (χ2n) is 6.55. The van der Waals surface area contributed by atoms with Crippen LogP contribution in [-0.2, 0) is 22.7 Å². The Hall–Kier alpha value is -2.25. The normalized spacial score (nSPS) is 24.4. The molecule has 0 saturated carbocycles. The van der Waals surface area contributed by atoms with Crippen molar-refractivity contribution in [3.05, 3.63) is 34.9 Å². The van der Waals surface area contributed by atoms with Gasteiger partial charge in [-0.2, -0.15) is 0 Å². The van der Waals surface area contributed by atoms with Gasteiger partial charge in [0.15, 0.2) is 0 Å². The van der Waals surface area contributed by atoms with Crippen LogP contribution >= 0.6 is 0 Å². The van der Waals surface area contributed by atoms with Gasteiger partial charge < -0.3 is 10.2 Å². The largest absolute Gasteiger partial charge is 0.322 e. The second-order valence-corrected chi connectivity index (χ2v) is 6.55. The molecule has 24 heavy (non-hydrogen) atoms. The fourth-order valence-electron chi connectivity index (χ4n) is 3.73. The quantitative estimate of drug-likeness (QED) is 0.752. The van der Waals surface area contributed by atoms with Crippen molar-refractivity contribution in [2.75, 3.05) is 19.8 Å². The zero-order valence-electron chi connectivity index (χ0n) is 13.4. The number of imide groups is 1. The Morgan fingerprint density at radius 2 is 2.08 bits per heavy atom. The molecule has 1 unspecified atom stereocenters. The zero-order chi connectivity index (χ0) is 16.7. The van der Waals surface area contributed by atoms with E-state index in [0.717, 1.165) is 37.4 Å². The highest BCUT2D eigenvalue weighted by Gasteiger charge is 2.39. The molecule has 0 aliphatic carbocycles. The number of amides is 3. The van der Waals surface area contributed by atoms with Gasteiger partial charge in [0.25, 0.3) is 5.91 Å². The Kier molecular flexibility index (Phi) is 3.82. The van der Waals surface area contributed by atoms with Gasteiger partial charge in [-0.25, -0.2) is 0 Å². The van der Waals surface area contributed by atoms with Gasteiger partial charge in [0.2, 0.25) is 11.8 Å². The first kappa shape index (κ1) is 15.3. The minimum atomic E-state index is -0.552. The fraction of sp³-hybridized carbons (Fsp3) is 0.471. The first-order valence-corrected chi connectivity index (χ1v) is 8.32. The lowest BCUT2D eigenvalue weighted by Gasteiger charge is -2.29. The summed E-state index contributed by atoms with van der Waals surface area (Å²) in [7, 11) is 0. The van der Waals surface area contributed by atoms with Crippen molar-refractivity contribution in [2.45, 2.75) is 32.0 Å². The molecule has 7 heteroatoms. The summed E-state index contributed by atoms with van der Waals surface area (Å²) in [5.74, 6) is -0.735. The van der Waals surface area contributed by atoms with Gasteiger partial charge in [0.1, 0.15) is 6.04 Å². The molecule has 0 spiro atoms. The van der Waals surface area contributed by atoms with E-state index in [1.807, 2.05) is 12.1 Å². The van der Waals surface area contributed by atoms with Gasteiger partial charge in [-0.1, -0.05) is 12.1 Å².